The van der Waals surface area contributed by atoms with E-state index < -0.39 is 5.41 Å². The lowest BCUT2D eigenvalue weighted by molar-refractivity contribution is 0.745. The number of hydrogen-bond acceptors (Lipinski definition) is 4. The van der Waals surface area contributed by atoms with Crippen LogP contribution in [0.1, 0.15) is 22.3 Å². The molecule has 0 aliphatic carbocycles. The van der Waals surface area contributed by atoms with Crippen molar-refractivity contribution in [1.29, 1.82) is 0 Å². The fourth-order valence-corrected chi connectivity index (χ4v) is 6.39. The second-order valence-corrected chi connectivity index (χ2v) is 11.1. The Balaban J connectivity index is 1.28. The highest BCUT2D eigenvalue weighted by molar-refractivity contribution is 5.79. The minimum atomic E-state index is -0.559. The Morgan fingerprint density at radius 3 is 1.16 bits per heavy atom. The molecule has 0 fully saturated rings. The largest absolute Gasteiger partial charge is 0.237 e. The summed E-state index contributed by atoms with van der Waals surface area (Å²) in [7, 11) is 0. The fourth-order valence-electron chi connectivity index (χ4n) is 6.39. The van der Waals surface area contributed by atoms with Crippen LogP contribution in [0.15, 0.2) is 170 Å². The molecule has 4 heterocycles. The number of fused-ring (bicyclic) bond motifs is 2. The Hall–Kier alpha value is -6.00. The van der Waals surface area contributed by atoms with E-state index in [4.69, 9.17) is 9.97 Å². The molecule has 0 atom stereocenters. The van der Waals surface area contributed by atoms with Gasteiger partial charge in [0, 0.05) is 34.3 Å². The van der Waals surface area contributed by atoms with Gasteiger partial charge in [-0.2, -0.15) is 0 Å². The molecular formula is C41H28N4. The Morgan fingerprint density at radius 1 is 0.333 bits per heavy atom. The highest BCUT2D eigenvalue weighted by Crippen LogP contribution is 2.45. The third-order valence-corrected chi connectivity index (χ3v) is 8.57. The van der Waals surface area contributed by atoms with Crippen LogP contribution in [0, 0.1) is 0 Å². The van der Waals surface area contributed by atoms with Crippen molar-refractivity contribution in [2.75, 3.05) is 0 Å². The molecule has 8 rings (SSSR count). The van der Waals surface area contributed by atoms with Crippen LogP contribution in [-0.4, -0.2) is 19.9 Å². The molecule has 4 aromatic carbocycles. The maximum absolute atomic E-state index is 4.85. The quantitative estimate of drug-likeness (QED) is 0.185. The Bertz CT molecular complexity index is 2080. The van der Waals surface area contributed by atoms with Gasteiger partial charge in [-0.15, -0.1) is 0 Å². The molecule has 0 saturated carbocycles. The lowest BCUT2D eigenvalue weighted by atomic mass is 9.65. The van der Waals surface area contributed by atoms with Crippen molar-refractivity contribution in [2.24, 2.45) is 0 Å². The van der Waals surface area contributed by atoms with Crippen molar-refractivity contribution < 1.29 is 0 Å². The maximum atomic E-state index is 4.85. The van der Waals surface area contributed by atoms with Gasteiger partial charge < -0.3 is 0 Å². The van der Waals surface area contributed by atoms with Gasteiger partial charge in [0.25, 0.3) is 0 Å². The molecule has 0 spiro atoms. The number of aromatic nitrogens is 4. The molecule has 0 aliphatic rings. The predicted octanol–water partition coefficient (Wildman–Crippen LogP) is 9.29. The predicted molar refractivity (Wildman–Crippen MR) is 182 cm³/mol. The summed E-state index contributed by atoms with van der Waals surface area (Å²) < 4.78 is 0. The van der Waals surface area contributed by atoms with Crippen molar-refractivity contribution in [2.45, 2.75) is 5.41 Å². The molecule has 0 aliphatic heterocycles. The molecule has 45 heavy (non-hydrogen) atoms. The number of rotatable bonds is 6. The summed E-state index contributed by atoms with van der Waals surface area (Å²) >= 11 is 0. The lowest BCUT2D eigenvalue weighted by Crippen LogP contribution is -2.31. The summed E-state index contributed by atoms with van der Waals surface area (Å²) in [5.41, 5.74) is 9.56. The van der Waals surface area contributed by atoms with Crippen LogP contribution in [0.5, 0.6) is 0 Å². The average molecular weight is 577 g/mol. The Morgan fingerprint density at radius 2 is 0.733 bits per heavy atom. The van der Waals surface area contributed by atoms with Gasteiger partial charge in [-0.1, -0.05) is 109 Å². The third-order valence-electron chi connectivity index (χ3n) is 8.57. The number of hydrogen-bond donors (Lipinski definition) is 0. The SMILES string of the molecule is c1ccc(C(c2ccccc2)(c2ccc(-c3ccc4cccnc4n3)cc2)c2ccc(-c3ccc4cccnc4n3)cc2)cc1. The molecule has 0 bridgehead atoms. The topological polar surface area (TPSA) is 51.6 Å². The van der Waals surface area contributed by atoms with Gasteiger partial charge in [0.2, 0.25) is 0 Å². The van der Waals surface area contributed by atoms with E-state index in [-0.39, 0.29) is 0 Å². The van der Waals surface area contributed by atoms with Crippen LogP contribution in [0.4, 0.5) is 0 Å². The van der Waals surface area contributed by atoms with Crippen LogP contribution < -0.4 is 0 Å². The van der Waals surface area contributed by atoms with Crippen molar-refractivity contribution in [3.05, 3.63) is 192 Å². The van der Waals surface area contributed by atoms with Crippen molar-refractivity contribution >= 4 is 22.1 Å². The first kappa shape index (κ1) is 26.6. The third kappa shape index (κ3) is 4.73. The molecule has 4 aromatic heterocycles. The summed E-state index contributed by atoms with van der Waals surface area (Å²) in [5, 5.41) is 2.06. The Labute approximate surface area is 261 Å². The molecule has 212 valence electrons. The fraction of sp³-hybridized carbons (Fsp3) is 0.0244. The van der Waals surface area contributed by atoms with E-state index >= 15 is 0 Å². The molecular weight excluding hydrogens is 548 g/mol. The molecule has 0 N–H and O–H groups in total. The number of pyridine rings is 4. The van der Waals surface area contributed by atoms with Crippen LogP contribution in [0.2, 0.25) is 0 Å². The number of benzene rings is 4. The molecule has 8 aromatic rings. The summed E-state index contributed by atoms with van der Waals surface area (Å²) in [4.78, 5) is 18.6. The summed E-state index contributed by atoms with van der Waals surface area (Å²) in [6.07, 6.45) is 3.57. The van der Waals surface area contributed by atoms with E-state index in [1.165, 1.54) is 22.3 Å². The molecule has 0 saturated heterocycles. The Kier molecular flexibility index (Phi) is 6.65. The molecule has 4 nitrogen and oxygen atoms in total. The van der Waals surface area contributed by atoms with Crippen molar-refractivity contribution in [3.63, 3.8) is 0 Å². The van der Waals surface area contributed by atoms with Gasteiger partial charge in [-0.3, -0.25) is 0 Å². The second-order valence-electron chi connectivity index (χ2n) is 11.1. The number of nitrogens with zero attached hydrogens (tertiary/aromatic N) is 4. The second kappa shape index (κ2) is 11.3. The first-order valence-corrected chi connectivity index (χ1v) is 15.1. The first-order chi connectivity index (χ1) is 22.3. The van der Waals surface area contributed by atoms with E-state index in [0.717, 1.165) is 44.6 Å². The zero-order valence-corrected chi connectivity index (χ0v) is 24.5. The average Bonchev–Trinajstić information content (AvgIpc) is 3.13. The van der Waals surface area contributed by atoms with Crippen LogP contribution in [0.25, 0.3) is 44.6 Å². The van der Waals surface area contributed by atoms with Gasteiger partial charge in [-0.05, 0) is 70.8 Å². The highest BCUT2D eigenvalue weighted by atomic mass is 14.8. The molecule has 4 heteroatoms. The van der Waals surface area contributed by atoms with Crippen LogP contribution in [-0.2, 0) is 5.41 Å². The first-order valence-electron chi connectivity index (χ1n) is 15.1. The maximum Gasteiger partial charge on any atom is 0.159 e. The lowest BCUT2D eigenvalue weighted by Gasteiger charge is -2.37. The van der Waals surface area contributed by atoms with Gasteiger partial charge in [-0.25, -0.2) is 19.9 Å². The van der Waals surface area contributed by atoms with Crippen molar-refractivity contribution in [3.8, 4) is 22.5 Å². The summed E-state index contributed by atoms with van der Waals surface area (Å²) in [6, 6.07) is 55.4. The zero-order chi connectivity index (χ0) is 30.1. The van der Waals surface area contributed by atoms with E-state index in [9.17, 15) is 0 Å². The van der Waals surface area contributed by atoms with E-state index in [2.05, 4.69) is 143 Å². The van der Waals surface area contributed by atoms with Crippen LogP contribution >= 0.6 is 0 Å². The smallest absolute Gasteiger partial charge is 0.159 e. The van der Waals surface area contributed by atoms with E-state index in [0.29, 0.717) is 0 Å². The van der Waals surface area contributed by atoms with Gasteiger partial charge in [0.05, 0.1) is 16.8 Å². The molecule has 0 amide bonds. The minimum absolute atomic E-state index is 0.559. The summed E-state index contributed by atoms with van der Waals surface area (Å²) in [5.74, 6) is 0. The zero-order valence-electron chi connectivity index (χ0n) is 24.5. The molecule has 0 radical (unpaired) electrons. The van der Waals surface area contributed by atoms with E-state index in [1.807, 2.05) is 24.3 Å². The normalized spacial score (nSPS) is 11.6. The van der Waals surface area contributed by atoms with Gasteiger partial charge in [0.15, 0.2) is 11.3 Å². The molecule has 0 unspecified atom stereocenters. The highest BCUT2D eigenvalue weighted by Gasteiger charge is 2.38. The van der Waals surface area contributed by atoms with Crippen molar-refractivity contribution in [1.82, 2.24) is 19.9 Å². The standard InChI is InChI=1S/C41H28N4/c1-3-11-33(12-4-1)41(34-13-5-2-6-14-34,35-21-15-29(16-22-35)37-25-19-31-9-7-27-42-39(31)44-37)36-23-17-30(18-24-36)38-26-20-32-10-8-28-43-40(32)45-38/h1-28H. The summed E-state index contributed by atoms with van der Waals surface area (Å²) in [6.45, 7) is 0. The monoisotopic (exact) mass is 576 g/mol. The van der Waals surface area contributed by atoms with E-state index in [1.54, 1.807) is 12.4 Å². The van der Waals surface area contributed by atoms with Gasteiger partial charge >= 0.3 is 0 Å². The van der Waals surface area contributed by atoms with Gasteiger partial charge in [0.1, 0.15) is 0 Å². The minimum Gasteiger partial charge on any atom is -0.237 e. The van der Waals surface area contributed by atoms with Crippen LogP contribution in [0.3, 0.4) is 0 Å².